The number of carboxylic acid groups (broad SMARTS) is 1. The summed E-state index contributed by atoms with van der Waals surface area (Å²) < 4.78 is 15.8. The Kier molecular flexibility index (Phi) is 6.51. The second-order valence-corrected chi connectivity index (χ2v) is 8.19. The van der Waals surface area contributed by atoms with Crippen molar-refractivity contribution in [2.24, 2.45) is 0 Å². The number of aromatic nitrogens is 2. The third-order valence-electron chi connectivity index (χ3n) is 4.33. The van der Waals surface area contributed by atoms with Gasteiger partial charge in [0.05, 0.1) is 16.8 Å². The number of anilines is 1. The lowest BCUT2D eigenvalue weighted by Crippen LogP contribution is -2.21. The summed E-state index contributed by atoms with van der Waals surface area (Å²) in [6.07, 6.45) is 0. The molecule has 2 N–H and O–H groups in total. The molecule has 0 saturated heterocycles. The van der Waals surface area contributed by atoms with Crippen LogP contribution in [0.4, 0.5) is 10.1 Å². The van der Waals surface area contributed by atoms with Crippen LogP contribution in [-0.4, -0.2) is 20.6 Å². The molecule has 0 aliphatic carbocycles. The van der Waals surface area contributed by atoms with Gasteiger partial charge in [0.1, 0.15) is 5.82 Å². The largest absolute Gasteiger partial charge is 0.476 e. The van der Waals surface area contributed by atoms with Crippen LogP contribution in [-0.2, 0) is 0 Å². The minimum absolute atomic E-state index is 0.0399. The van der Waals surface area contributed by atoms with Crippen LogP contribution < -0.4 is 5.32 Å². The van der Waals surface area contributed by atoms with Crippen LogP contribution in [0.5, 0.6) is 0 Å². The van der Waals surface area contributed by atoms with E-state index in [1.165, 1.54) is 18.2 Å². The Bertz CT molecular complexity index is 1050. The third kappa shape index (κ3) is 4.57. The van der Waals surface area contributed by atoms with E-state index in [-0.39, 0.29) is 16.8 Å². The molecule has 1 aromatic heterocycles. The minimum Gasteiger partial charge on any atom is -0.476 e. The number of hydrogen-bond donors (Lipinski definition) is 2. The molecule has 9 heteroatoms. The quantitative estimate of drug-likeness (QED) is 0.401. The summed E-state index contributed by atoms with van der Waals surface area (Å²) in [7, 11) is 0. The number of benzene rings is 2. The van der Waals surface area contributed by atoms with E-state index >= 15 is 0 Å². The molecular formula is C20H17BrCl2FN3O2. The molecule has 2 aromatic carbocycles. The molecule has 0 aliphatic heterocycles. The smallest absolute Gasteiger partial charge is 0.356 e. The van der Waals surface area contributed by atoms with Crippen molar-refractivity contribution in [3.05, 3.63) is 80.0 Å². The van der Waals surface area contributed by atoms with Gasteiger partial charge in [0.25, 0.3) is 0 Å². The number of rotatable bonds is 6. The van der Waals surface area contributed by atoms with Crippen LogP contribution in [0.15, 0.2) is 47.2 Å². The summed E-state index contributed by atoms with van der Waals surface area (Å²) >= 11 is 15.3. The number of aromatic carboxylic acids is 1. The first-order chi connectivity index (χ1) is 13.7. The Balaban J connectivity index is 2.21. The molecule has 0 spiro atoms. The second-order valence-electron chi connectivity index (χ2n) is 6.64. The van der Waals surface area contributed by atoms with Gasteiger partial charge in [-0.05, 0) is 65.7 Å². The van der Waals surface area contributed by atoms with Gasteiger partial charge < -0.3 is 15.0 Å². The molecule has 0 bridgehead atoms. The van der Waals surface area contributed by atoms with E-state index in [2.05, 4.69) is 26.2 Å². The summed E-state index contributed by atoms with van der Waals surface area (Å²) in [5.74, 6) is -1.69. The van der Waals surface area contributed by atoms with Crippen molar-refractivity contribution in [3.63, 3.8) is 0 Å². The number of halogens is 4. The van der Waals surface area contributed by atoms with Crippen LogP contribution in [0.2, 0.25) is 10.0 Å². The van der Waals surface area contributed by atoms with Gasteiger partial charge in [0.15, 0.2) is 10.4 Å². The minimum atomic E-state index is -1.15. The predicted octanol–water partition coefficient (Wildman–Crippen LogP) is 6.57. The topological polar surface area (TPSA) is 67.2 Å². The molecule has 1 atom stereocenters. The van der Waals surface area contributed by atoms with Crippen molar-refractivity contribution < 1.29 is 14.3 Å². The molecule has 5 nitrogen and oxygen atoms in total. The summed E-state index contributed by atoms with van der Waals surface area (Å²) in [6, 6.07) is 10.6. The van der Waals surface area contributed by atoms with Crippen LogP contribution >= 0.6 is 39.1 Å². The van der Waals surface area contributed by atoms with Crippen LogP contribution in [0.1, 0.15) is 47.7 Å². The lowest BCUT2D eigenvalue weighted by Gasteiger charge is -2.25. The fourth-order valence-electron chi connectivity index (χ4n) is 3.06. The fourth-order valence-corrected chi connectivity index (χ4v) is 4.14. The Morgan fingerprint density at radius 2 is 1.86 bits per heavy atom. The molecule has 0 amide bonds. The van der Waals surface area contributed by atoms with Gasteiger partial charge in [-0.2, -0.15) is 0 Å². The van der Waals surface area contributed by atoms with E-state index in [9.17, 15) is 14.3 Å². The molecule has 0 fully saturated rings. The van der Waals surface area contributed by atoms with Gasteiger partial charge in [0, 0.05) is 16.8 Å². The molecule has 29 heavy (non-hydrogen) atoms. The summed E-state index contributed by atoms with van der Waals surface area (Å²) in [5, 5.41) is 13.5. The molecule has 1 heterocycles. The van der Waals surface area contributed by atoms with E-state index in [1.807, 2.05) is 13.8 Å². The molecule has 0 aliphatic rings. The molecule has 3 rings (SSSR count). The Labute approximate surface area is 185 Å². The molecule has 1 unspecified atom stereocenters. The molecule has 152 valence electrons. The number of carbonyl (C=O) groups is 1. The SMILES string of the molecule is CC(C)n1c(Br)nc(C(=O)O)c1C(Nc1ccc(F)c(Cl)c1)c1ccc(Cl)cc1. The first kappa shape index (κ1) is 21.6. The lowest BCUT2D eigenvalue weighted by molar-refractivity contribution is 0.0689. The van der Waals surface area contributed by atoms with Crippen LogP contribution in [0.25, 0.3) is 0 Å². The van der Waals surface area contributed by atoms with Crippen molar-refractivity contribution >= 4 is 50.8 Å². The average Bonchev–Trinajstić information content (AvgIpc) is 3.01. The zero-order valence-corrected chi connectivity index (χ0v) is 18.6. The Hall–Kier alpha value is -2.09. The highest BCUT2D eigenvalue weighted by molar-refractivity contribution is 9.10. The third-order valence-corrected chi connectivity index (χ3v) is 5.43. The maximum atomic E-state index is 13.6. The Morgan fingerprint density at radius 1 is 1.21 bits per heavy atom. The van der Waals surface area contributed by atoms with Gasteiger partial charge >= 0.3 is 5.97 Å². The van der Waals surface area contributed by atoms with E-state index in [4.69, 9.17) is 23.2 Å². The first-order valence-corrected chi connectivity index (χ1v) is 10.2. The van der Waals surface area contributed by atoms with Crippen LogP contribution in [0, 0.1) is 5.82 Å². The summed E-state index contributed by atoms with van der Waals surface area (Å²) in [6.45, 7) is 3.85. The Morgan fingerprint density at radius 3 is 2.41 bits per heavy atom. The normalized spacial score (nSPS) is 12.2. The van der Waals surface area contributed by atoms with Gasteiger partial charge in [-0.25, -0.2) is 14.2 Å². The fraction of sp³-hybridized carbons (Fsp3) is 0.200. The standard InChI is InChI=1S/C20H17BrCl2FN3O2/c1-10(2)27-18(17(19(28)29)26-20(27)21)16(11-3-5-12(22)6-4-11)25-13-7-8-15(24)14(23)9-13/h3-10,16,25H,1-2H3,(H,28,29). The van der Waals surface area contributed by atoms with Crippen molar-refractivity contribution in [1.29, 1.82) is 0 Å². The zero-order chi connectivity index (χ0) is 21.3. The van der Waals surface area contributed by atoms with Gasteiger partial charge in [-0.15, -0.1) is 0 Å². The molecule has 3 aromatic rings. The second kappa shape index (κ2) is 8.73. The van der Waals surface area contributed by atoms with E-state index in [0.29, 0.717) is 21.1 Å². The van der Waals surface area contributed by atoms with E-state index < -0.39 is 17.8 Å². The number of imidazole rings is 1. The zero-order valence-electron chi connectivity index (χ0n) is 15.5. The van der Waals surface area contributed by atoms with Crippen molar-refractivity contribution in [2.45, 2.75) is 25.9 Å². The first-order valence-electron chi connectivity index (χ1n) is 8.67. The van der Waals surface area contributed by atoms with E-state index in [0.717, 1.165) is 5.56 Å². The maximum Gasteiger partial charge on any atom is 0.356 e. The highest BCUT2D eigenvalue weighted by atomic mass is 79.9. The number of carboxylic acids is 1. The molecule has 0 radical (unpaired) electrons. The highest BCUT2D eigenvalue weighted by Crippen LogP contribution is 2.35. The van der Waals surface area contributed by atoms with Crippen LogP contribution in [0.3, 0.4) is 0 Å². The lowest BCUT2D eigenvalue weighted by atomic mass is 10.0. The average molecular weight is 501 g/mol. The maximum absolute atomic E-state index is 13.6. The van der Waals surface area contributed by atoms with Crippen molar-refractivity contribution in [2.75, 3.05) is 5.32 Å². The number of nitrogens with zero attached hydrogens (tertiary/aromatic N) is 2. The number of nitrogens with one attached hydrogen (secondary N) is 1. The number of hydrogen-bond acceptors (Lipinski definition) is 3. The molecule has 0 saturated carbocycles. The summed E-state index contributed by atoms with van der Waals surface area (Å²) in [5.41, 5.74) is 1.64. The van der Waals surface area contributed by atoms with Crippen molar-refractivity contribution in [1.82, 2.24) is 9.55 Å². The highest BCUT2D eigenvalue weighted by Gasteiger charge is 2.30. The predicted molar refractivity (Wildman–Crippen MR) is 116 cm³/mol. The molecular weight excluding hydrogens is 484 g/mol. The summed E-state index contributed by atoms with van der Waals surface area (Å²) in [4.78, 5) is 16.1. The van der Waals surface area contributed by atoms with E-state index in [1.54, 1.807) is 28.8 Å². The van der Waals surface area contributed by atoms with Gasteiger partial charge in [-0.1, -0.05) is 35.3 Å². The van der Waals surface area contributed by atoms with Gasteiger partial charge in [-0.3, -0.25) is 0 Å². The monoisotopic (exact) mass is 499 g/mol. The van der Waals surface area contributed by atoms with Crippen molar-refractivity contribution in [3.8, 4) is 0 Å². The van der Waals surface area contributed by atoms with Gasteiger partial charge in [0.2, 0.25) is 0 Å².